The number of hydrogen-bond acceptors (Lipinski definition) is 0. The van der Waals surface area contributed by atoms with Crippen LogP contribution in [0.1, 0.15) is 22.4 Å². The van der Waals surface area contributed by atoms with E-state index in [1.165, 1.54) is 27.8 Å². The lowest BCUT2D eigenvalue weighted by Crippen LogP contribution is -1.97. The van der Waals surface area contributed by atoms with Crippen LogP contribution < -0.4 is 0 Å². The van der Waals surface area contributed by atoms with E-state index in [2.05, 4.69) is 102 Å². The Morgan fingerprint density at radius 1 is 0.440 bits per heavy atom. The van der Waals surface area contributed by atoms with Crippen molar-refractivity contribution in [1.29, 1.82) is 0 Å². The summed E-state index contributed by atoms with van der Waals surface area (Å²) in [5.74, 6) is 0. The molecular weight excluding hydrogens is 302 g/mol. The highest BCUT2D eigenvalue weighted by atomic mass is 14.7. The van der Waals surface area contributed by atoms with Crippen molar-refractivity contribution in [2.45, 2.75) is 0 Å². The van der Waals surface area contributed by atoms with E-state index in [0.29, 0.717) is 0 Å². The van der Waals surface area contributed by atoms with Crippen molar-refractivity contribution in [3.05, 3.63) is 132 Å². The van der Waals surface area contributed by atoms with Gasteiger partial charge in [0.2, 0.25) is 0 Å². The van der Waals surface area contributed by atoms with E-state index >= 15 is 0 Å². The van der Waals surface area contributed by atoms with Crippen LogP contribution in [0.3, 0.4) is 0 Å². The summed E-state index contributed by atoms with van der Waals surface area (Å²) >= 11 is 0. The Labute approximate surface area is 148 Å². The highest BCUT2D eigenvalue weighted by Crippen LogP contribution is 2.35. The van der Waals surface area contributed by atoms with Gasteiger partial charge in [0.15, 0.2) is 0 Å². The SMILES string of the molecule is c1ccc(C(=C(c2ccccc2)c2ccc[nH]2)c2ccccc2)cc1. The number of aromatic nitrogens is 1. The first-order chi connectivity index (χ1) is 12.4. The molecular formula is C24H19N. The van der Waals surface area contributed by atoms with Crippen molar-refractivity contribution in [2.24, 2.45) is 0 Å². The van der Waals surface area contributed by atoms with Gasteiger partial charge in [-0.3, -0.25) is 0 Å². The van der Waals surface area contributed by atoms with Gasteiger partial charge >= 0.3 is 0 Å². The molecule has 25 heavy (non-hydrogen) atoms. The minimum atomic E-state index is 1.12. The molecule has 0 atom stereocenters. The molecule has 0 unspecified atom stereocenters. The molecule has 1 aromatic heterocycles. The Bertz CT molecular complexity index is 909. The average molecular weight is 321 g/mol. The van der Waals surface area contributed by atoms with E-state index in [4.69, 9.17) is 0 Å². The summed E-state index contributed by atoms with van der Waals surface area (Å²) in [5.41, 5.74) is 7.18. The van der Waals surface area contributed by atoms with Crippen molar-refractivity contribution in [2.75, 3.05) is 0 Å². The van der Waals surface area contributed by atoms with Gasteiger partial charge in [0.25, 0.3) is 0 Å². The number of H-pyrrole nitrogens is 1. The van der Waals surface area contributed by atoms with Crippen LogP contribution in [0.2, 0.25) is 0 Å². The highest BCUT2D eigenvalue weighted by molar-refractivity contribution is 6.03. The van der Waals surface area contributed by atoms with Crippen LogP contribution in [0.25, 0.3) is 11.1 Å². The molecule has 0 spiro atoms. The molecule has 0 aliphatic carbocycles. The summed E-state index contributed by atoms with van der Waals surface area (Å²) in [4.78, 5) is 3.40. The van der Waals surface area contributed by atoms with Gasteiger partial charge in [-0.1, -0.05) is 91.0 Å². The molecule has 4 rings (SSSR count). The Balaban J connectivity index is 2.08. The van der Waals surface area contributed by atoms with E-state index in [1.807, 2.05) is 12.3 Å². The zero-order valence-electron chi connectivity index (χ0n) is 13.9. The molecule has 0 bridgehead atoms. The van der Waals surface area contributed by atoms with Crippen molar-refractivity contribution in [3.8, 4) is 0 Å². The molecule has 0 saturated heterocycles. The Hall–Kier alpha value is -3.32. The van der Waals surface area contributed by atoms with Crippen LogP contribution in [-0.2, 0) is 0 Å². The zero-order valence-corrected chi connectivity index (χ0v) is 13.9. The summed E-state index contributed by atoms with van der Waals surface area (Å²) in [6.07, 6.45) is 1.98. The summed E-state index contributed by atoms with van der Waals surface area (Å²) in [6, 6.07) is 35.9. The maximum Gasteiger partial charge on any atom is 0.0466 e. The van der Waals surface area contributed by atoms with Crippen molar-refractivity contribution in [1.82, 2.24) is 4.98 Å². The molecule has 0 aliphatic heterocycles. The first-order valence-electron chi connectivity index (χ1n) is 8.48. The molecule has 3 aromatic carbocycles. The maximum atomic E-state index is 3.40. The lowest BCUT2D eigenvalue weighted by molar-refractivity contribution is 1.34. The molecule has 0 aliphatic rings. The molecule has 1 heterocycles. The van der Waals surface area contributed by atoms with Crippen molar-refractivity contribution < 1.29 is 0 Å². The normalized spacial score (nSPS) is 10.4. The van der Waals surface area contributed by atoms with Crippen LogP contribution in [0, 0.1) is 0 Å². The van der Waals surface area contributed by atoms with E-state index in [9.17, 15) is 0 Å². The third-order valence-corrected chi connectivity index (χ3v) is 4.30. The molecule has 0 saturated carbocycles. The molecule has 1 N–H and O–H groups in total. The predicted molar refractivity (Wildman–Crippen MR) is 105 cm³/mol. The van der Waals surface area contributed by atoms with Crippen LogP contribution in [0.4, 0.5) is 0 Å². The number of hydrogen-bond donors (Lipinski definition) is 1. The van der Waals surface area contributed by atoms with Crippen LogP contribution in [-0.4, -0.2) is 4.98 Å². The fourth-order valence-electron chi connectivity index (χ4n) is 3.19. The van der Waals surface area contributed by atoms with Crippen molar-refractivity contribution >= 4 is 11.1 Å². The van der Waals surface area contributed by atoms with E-state index < -0.39 is 0 Å². The van der Waals surface area contributed by atoms with Gasteiger partial charge in [0, 0.05) is 17.5 Å². The second kappa shape index (κ2) is 7.06. The lowest BCUT2D eigenvalue weighted by Gasteiger charge is -2.16. The summed E-state index contributed by atoms with van der Waals surface area (Å²) < 4.78 is 0. The van der Waals surface area contributed by atoms with Crippen LogP contribution >= 0.6 is 0 Å². The first-order valence-corrected chi connectivity index (χ1v) is 8.48. The molecule has 0 radical (unpaired) electrons. The standard InChI is InChI=1S/C24H19N/c1-4-11-19(12-5-1)23(20-13-6-2-7-14-20)24(22-17-10-18-25-22)21-15-8-3-9-16-21/h1-18,25H. The third-order valence-electron chi connectivity index (χ3n) is 4.30. The molecule has 4 aromatic rings. The Morgan fingerprint density at radius 2 is 0.880 bits per heavy atom. The van der Waals surface area contributed by atoms with Gasteiger partial charge in [-0.15, -0.1) is 0 Å². The molecule has 0 amide bonds. The second-order valence-electron chi connectivity index (χ2n) is 5.93. The molecule has 1 nitrogen and oxygen atoms in total. The highest BCUT2D eigenvalue weighted by Gasteiger charge is 2.16. The van der Waals surface area contributed by atoms with Crippen molar-refractivity contribution in [3.63, 3.8) is 0 Å². The predicted octanol–water partition coefficient (Wildman–Crippen LogP) is 6.02. The van der Waals surface area contributed by atoms with Gasteiger partial charge in [-0.2, -0.15) is 0 Å². The van der Waals surface area contributed by atoms with Gasteiger partial charge in [-0.25, -0.2) is 0 Å². The van der Waals surface area contributed by atoms with Gasteiger partial charge in [0.05, 0.1) is 0 Å². The molecule has 120 valence electrons. The summed E-state index contributed by atoms with van der Waals surface area (Å²) in [7, 11) is 0. The smallest absolute Gasteiger partial charge is 0.0466 e. The lowest BCUT2D eigenvalue weighted by atomic mass is 9.88. The van der Waals surface area contributed by atoms with Gasteiger partial charge < -0.3 is 4.98 Å². The Kier molecular flexibility index (Phi) is 4.30. The topological polar surface area (TPSA) is 15.8 Å². The van der Waals surface area contributed by atoms with Gasteiger partial charge in [-0.05, 0) is 34.4 Å². The quantitative estimate of drug-likeness (QED) is 0.442. The number of nitrogens with one attached hydrogen (secondary N) is 1. The monoisotopic (exact) mass is 321 g/mol. The average Bonchev–Trinajstić information content (AvgIpc) is 3.22. The van der Waals surface area contributed by atoms with Crippen LogP contribution in [0.5, 0.6) is 0 Å². The van der Waals surface area contributed by atoms with E-state index in [0.717, 1.165) is 5.69 Å². The minimum Gasteiger partial charge on any atom is -0.361 e. The maximum absolute atomic E-state index is 3.40. The van der Waals surface area contributed by atoms with Gasteiger partial charge in [0.1, 0.15) is 0 Å². The largest absolute Gasteiger partial charge is 0.361 e. The molecule has 0 fully saturated rings. The number of rotatable bonds is 4. The zero-order chi connectivity index (χ0) is 16.9. The Morgan fingerprint density at radius 3 is 1.28 bits per heavy atom. The fraction of sp³-hybridized carbons (Fsp3) is 0. The fourth-order valence-corrected chi connectivity index (χ4v) is 3.19. The first kappa shape index (κ1) is 15.2. The minimum absolute atomic E-state index is 1.12. The summed E-state index contributed by atoms with van der Waals surface area (Å²) in [6.45, 7) is 0. The third kappa shape index (κ3) is 3.17. The second-order valence-corrected chi connectivity index (χ2v) is 5.93. The molecule has 1 heteroatoms. The number of aromatic amines is 1. The number of benzene rings is 3. The van der Waals surface area contributed by atoms with E-state index in [-0.39, 0.29) is 0 Å². The van der Waals surface area contributed by atoms with Crippen LogP contribution in [0.15, 0.2) is 109 Å². The summed E-state index contributed by atoms with van der Waals surface area (Å²) in [5, 5.41) is 0. The van der Waals surface area contributed by atoms with E-state index in [1.54, 1.807) is 0 Å².